The van der Waals surface area contributed by atoms with Gasteiger partial charge in [-0.2, -0.15) is 0 Å². The molecule has 1 atom stereocenters. The number of nitrogens with two attached hydrogens (primary N) is 1. The smallest absolute Gasteiger partial charge is 0.123 e. The Bertz CT molecular complexity index is 445. The lowest BCUT2D eigenvalue weighted by Gasteiger charge is -1.99. The lowest BCUT2D eigenvalue weighted by Crippen LogP contribution is -2.06. The van der Waals surface area contributed by atoms with Crippen molar-refractivity contribution in [3.63, 3.8) is 0 Å². The third-order valence-electron chi connectivity index (χ3n) is 2.18. The van der Waals surface area contributed by atoms with Gasteiger partial charge in [-0.25, -0.2) is 4.98 Å². The highest BCUT2D eigenvalue weighted by Crippen LogP contribution is 2.20. The number of hydrogen-bond acceptors (Lipinski definition) is 2. The molecule has 1 aromatic heterocycles. The average molecular weight is 222 g/mol. The second kappa shape index (κ2) is 4.04. The summed E-state index contributed by atoms with van der Waals surface area (Å²) in [5.74, 6) is 0.792. The molecule has 1 unspecified atom stereocenters. The fourth-order valence-electron chi connectivity index (χ4n) is 1.34. The van der Waals surface area contributed by atoms with Crippen molar-refractivity contribution in [2.75, 3.05) is 0 Å². The lowest BCUT2D eigenvalue weighted by atomic mass is 10.2. The van der Waals surface area contributed by atoms with Crippen LogP contribution in [0, 0.1) is 0 Å². The van der Waals surface area contributed by atoms with E-state index in [0.29, 0.717) is 0 Å². The van der Waals surface area contributed by atoms with Crippen LogP contribution in [0.15, 0.2) is 30.5 Å². The molecule has 1 heterocycles. The molecule has 3 N–H and O–H groups in total. The molecule has 0 saturated carbocycles. The molecular formula is C11H12ClN3. The van der Waals surface area contributed by atoms with Crippen molar-refractivity contribution >= 4 is 11.6 Å². The van der Waals surface area contributed by atoms with Gasteiger partial charge < -0.3 is 10.7 Å². The van der Waals surface area contributed by atoms with Crippen molar-refractivity contribution in [2.45, 2.75) is 13.0 Å². The van der Waals surface area contributed by atoms with Gasteiger partial charge in [0.2, 0.25) is 0 Å². The van der Waals surface area contributed by atoms with Crippen molar-refractivity contribution in [3.05, 3.63) is 41.3 Å². The summed E-state index contributed by atoms with van der Waals surface area (Å²) < 4.78 is 0. The Balaban J connectivity index is 2.33. The molecule has 0 radical (unpaired) electrons. The molecule has 0 aliphatic carbocycles. The van der Waals surface area contributed by atoms with Crippen LogP contribution in [0.25, 0.3) is 11.3 Å². The molecule has 0 aliphatic rings. The zero-order valence-corrected chi connectivity index (χ0v) is 9.12. The van der Waals surface area contributed by atoms with E-state index in [0.717, 1.165) is 22.1 Å². The maximum Gasteiger partial charge on any atom is 0.123 e. The molecule has 2 aromatic rings. The van der Waals surface area contributed by atoms with Gasteiger partial charge in [0.25, 0.3) is 0 Å². The molecule has 0 spiro atoms. The molecule has 0 bridgehead atoms. The molecule has 78 valence electrons. The highest BCUT2D eigenvalue weighted by Gasteiger charge is 2.05. The third-order valence-corrected chi connectivity index (χ3v) is 2.43. The van der Waals surface area contributed by atoms with Crippen LogP contribution in [0.5, 0.6) is 0 Å². The van der Waals surface area contributed by atoms with E-state index in [2.05, 4.69) is 9.97 Å². The average Bonchev–Trinajstić information content (AvgIpc) is 2.68. The maximum atomic E-state index is 5.81. The Hall–Kier alpha value is -1.32. The fourth-order valence-corrected chi connectivity index (χ4v) is 1.47. The normalized spacial score (nSPS) is 12.7. The molecule has 15 heavy (non-hydrogen) atoms. The predicted octanol–water partition coefficient (Wildman–Crippen LogP) is 2.75. The number of hydrogen-bond donors (Lipinski definition) is 2. The number of aromatic amines is 1. The number of H-pyrrole nitrogens is 1. The zero-order valence-electron chi connectivity index (χ0n) is 8.37. The first-order valence-electron chi connectivity index (χ1n) is 4.73. The van der Waals surface area contributed by atoms with Crippen molar-refractivity contribution in [2.24, 2.45) is 5.73 Å². The second-order valence-corrected chi connectivity index (χ2v) is 3.91. The second-order valence-electron chi connectivity index (χ2n) is 3.48. The lowest BCUT2D eigenvalue weighted by molar-refractivity contribution is 0.756. The first-order valence-corrected chi connectivity index (χ1v) is 5.11. The first-order chi connectivity index (χ1) is 7.16. The molecule has 2 rings (SSSR count). The van der Waals surface area contributed by atoms with Gasteiger partial charge in [-0.05, 0) is 24.6 Å². The third kappa shape index (κ3) is 2.19. The van der Waals surface area contributed by atoms with Crippen LogP contribution in [-0.4, -0.2) is 9.97 Å². The van der Waals surface area contributed by atoms with Crippen LogP contribution in [-0.2, 0) is 0 Å². The van der Waals surface area contributed by atoms with E-state index in [-0.39, 0.29) is 6.04 Å². The van der Waals surface area contributed by atoms with E-state index in [1.165, 1.54) is 0 Å². The summed E-state index contributed by atoms with van der Waals surface area (Å²) in [6.07, 6.45) is 1.78. The first kappa shape index (κ1) is 10.2. The van der Waals surface area contributed by atoms with E-state index in [4.69, 9.17) is 17.3 Å². The summed E-state index contributed by atoms with van der Waals surface area (Å²) in [4.78, 5) is 7.37. The number of nitrogens with zero attached hydrogens (tertiary/aromatic N) is 1. The van der Waals surface area contributed by atoms with Crippen LogP contribution in [0.2, 0.25) is 5.02 Å². The summed E-state index contributed by atoms with van der Waals surface area (Å²) in [5, 5.41) is 0.727. The molecular weight excluding hydrogens is 210 g/mol. The zero-order chi connectivity index (χ0) is 10.8. The van der Waals surface area contributed by atoms with Gasteiger partial charge >= 0.3 is 0 Å². The molecule has 0 saturated heterocycles. The van der Waals surface area contributed by atoms with Gasteiger partial charge in [0.1, 0.15) is 5.82 Å². The Labute approximate surface area is 93.3 Å². The summed E-state index contributed by atoms with van der Waals surface area (Å²) >= 11 is 5.81. The van der Waals surface area contributed by atoms with Gasteiger partial charge in [0, 0.05) is 5.02 Å². The Kier molecular flexibility index (Phi) is 2.75. The number of imidazole rings is 1. The minimum atomic E-state index is -0.0777. The van der Waals surface area contributed by atoms with Crippen molar-refractivity contribution in [3.8, 4) is 11.3 Å². The van der Waals surface area contributed by atoms with Crippen LogP contribution in [0.1, 0.15) is 18.8 Å². The Morgan fingerprint density at radius 2 is 2.00 bits per heavy atom. The molecule has 4 heteroatoms. The number of halogens is 1. The Morgan fingerprint density at radius 3 is 2.53 bits per heavy atom. The highest BCUT2D eigenvalue weighted by atomic mass is 35.5. The molecule has 3 nitrogen and oxygen atoms in total. The summed E-state index contributed by atoms with van der Waals surface area (Å²) in [7, 11) is 0. The topological polar surface area (TPSA) is 54.7 Å². The largest absolute Gasteiger partial charge is 0.341 e. The van der Waals surface area contributed by atoms with Gasteiger partial charge in [-0.3, -0.25) is 0 Å². The van der Waals surface area contributed by atoms with E-state index < -0.39 is 0 Å². The summed E-state index contributed by atoms with van der Waals surface area (Å²) in [6.45, 7) is 1.89. The molecule has 0 aliphatic heterocycles. The van der Waals surface area contributed by atoms with Crippen LogP contribution in [0.4, 0.5) is 0 Å². The van der Waals surface area contributed by atoms with Crippen molar-refractivity contribution < 1.29 is 0 Å². The Morgan fingerprint density at radius 1 is 1.33 bits per heavy atom. The predicted molar refractivity (Wildman–Crippen MR) is 61.6 cm³/mol. The quantitative estimate of drug-likeness (QED) is 0.820. The monoisotopic (exact) mass is 221 g/mol. The van der Waals surface area contributed by atoms with E-state index in [1.807, 2.05) is 31.2 Å². The van der Waals surface area contributed by atoms with E-state index in [1.54, 1.807) is 6.20 Å². The summed E-state index contributed by atoms with van der Waals surface area (Å²) in [6, 6.07) is 7.51. The van der Waals surface area contributed by atoms with E-state index in [9.17, 15) is 0 Å². The van der Waals surface area contributed by atoms with Gasteiger partial charge in [0.15, 0.2) is 0 Å². The van der Waals surface area contributed by atoms with Crippen LogP contribution in [0.3, 0.4) is 0 Å². The number of nitrogens with one attached hydrogen (secondary N) is 1. The maximum absolute atomic E-state index is 5.81. The molecule has 0 amide bonds. The minimum absolute atomic E-state index is 0.0777. The minimum Gasteiger partial charge on any atom is -0.341 e. The van der Waals surface area contributed by atoms with Crippen LogP contribution < -0.4 is 5.73 Å². The van der Waals surface area contributed by atoms with Gasteiger partial charge in [-0.15, -0.1) is 0 Å². The van der Waals surface area contributed by atoms with Crippen molar-refractivity contribution in [1.82, 2.24) is 9.97 Å². The number of benzene rings is 1. The van der Waals surface area contributed by atoms with Gasteiger partial charge in [-0.1, -0.05) is 23.7 Å². The summed E-state index contributed by atoms with van der Waals surface area (Å²) in [5.41, 5.74) is 7.73. The number of rotatable bonds is 2. The van der Waals surface area contributed by atoms with Crippen LogP contribution >= 0.6 is 11.6 Å². The fraction of sp³-hybridized carbons (Fsp3) is 0.182. The van der Waals surface area contributed by atoms with Crippen molar-refractivity contribution in [1.29, 1.82) is 0 Å². The SMILES string of the molecule is CC(N)c1ncc(-c2ccc(Cl)cc2)[nH]1. The highest BCUT2D eigenvalue weighted by molar-refractivity contribution is 6.30. The molecule has 1 aromatic carbocycles. The van der Waals surface area contributed by atoms with Gasteiger partial charge in [0.05, 0.1) is 17.9 Å². The van der Waals surface area contributed by atoms with E-state index >= 15 is 0 Å². The molecule has 0 fully saturated rings. The standard InChI is InChI=1S/C11H12ClN3/c1-7(13)11-14-6-10(15-11)8-2-4-9(12)5-3-8/h2-7H,13H2,1H3,(H,14,15). The number of aromatic nitrogens is 2.